The number of carboxylic acids is 1. The average Bonchev–Trinajstić information content (AvgIpc) is 2.21. The molecule has 0 radical (unpaired) electrons. The van der Waals surface area contributed by atoms with E-state index in [1.807, 2.05) is 0 Å². The Morgan fingerprint density at radius 1 is 1.56 bits per heavy atom. The van der Waals surface area contributed by atoms with E-state index < -0.39 is 24.3 Å². The number of nitrogens with zero attached hydrogens (tertiary/aromatic N) is 1. The maximum atomic E-state index is 11.9. The van der Waals surface area contributed by atoms with Crippen molar-refractivity contribution in [3.63, 3.8) is 0 Å². The van der Waals surface area contributed by atoms with Crippen molar-refractivity contribution < 1.29 is 18.7 Å². The molecular weight excluding hydrogens is 240 g/mol. The van der Waals surface area contributed by atoms with Gasteiger partial charge in [-0.05, 0) is 12.2 Å². The maximum Gasteiger partial charge on any atom is 0.320 e. The fraction of sp³-hybridized carbons (Fsp3) is 0.750. The molecule has 0 amide bonds. The van der Waals surface area contributed by atoms with Crippen LogP contribution in [0, 0.1) is 0 Å². The minimum atomic E-state index is -2.77. The van der Waals surface area contributed by atoms with Crippen molar-refractivity contribution in [3.8, 4) is 0 Å². The first kappa shape index (κ1) is 15.1. The number of aliphatic imine (C=N–C) groups is 1. The smallest absolute Gasteiger partial charge is 0.320 e. The van der Waals surface area contributed by atoms with E-state index in [1.165, 1.54) is 0 Å². The number of thiol groups is 1. The molecule has 0 aromatic heterocycles. The lowest BCUT2D eigenvalue weighted by molar-refractivity contribution is -0.139. The topological polar surface area (TPSA) is 87.7 Å². The number of nitrogens with one attached hydrogen (secondary N) is 1. The van der Waals surface area contributed by atoms with Crippen molar-refractivity contribution >= 4 is 24.4 Å². The summed E-state index contributed by atoms with van der Waals surface area (Å²) in [7, 11) is 0. The average molecular weight is 255 g/mol. The van der Waals surface area contributed by atoms with E-state index in [0.29, 0.717) is 12.2 Å². The maximum absolute atomic E-state index is 11.9. The largest absolute Gasteiger partial charge is 0.480 e. The van der Waals surface area contributed by atoms with Gasteiger partial charge in [-0.1, -0.05) is 0 Å². The highest BCUT2D eigenvalue weighted by Crippen LogP contribution is 1.95. The third-order valence-corrected chi connectivity index (χ3v) is 1.99. The molecule has 5 nitrogen and oxygen atoms in total. The zero-order valence-corrected chi connectivity index (χ0v) is 9.46. The molecule has 4 N–H and O–H groups in total. The van der Waals surface area contributed by atoms with Gasteiger partial charge in [-0.3, -0.25) is 9.79 Å². The summed E-state index contributed by atoms with van der Waals surface area (Å²) in [6.07, 6.45) is -2.42. The van der Waals surface area contributed by atoms with Gasteiger partial charge in [0.1, 0.15) is 6.04 Å². The van der Waals surface area contributed by atoms with Crippen molar-refractivity contribution in [2.24, 2.45) is 10.7 Å². The molecule has 0 aliphatic rings. The lowest BCUT2D eigenvalue weighted by Crippen LogP contribution is -2.38. The number of hydrogen-bond donors (Lipinski definition) is 4. The molecule has 0 rings (SSSR count). The lowest BCUT2D eigenvalue weighted by atomic mass is 10.2. The summed E-state index contributed by atoms with van der Waals surface area (Å²) in [5.41, 5.74) is 4.90. The zero-order valence-electron chi connectivity index (χ0n) is 8.57. The normalized spacial score (nSPS) is 14.1. The molecule has 1 atom stereocenters. The highest BCUT2D eigenvalue weighted by molar-refractivity contribution is 7.80. The Bertz CT molecular complexity index is 251. The summed E-state index contributed by atoms with van der Waals surface area (Å²) in [5, 5.41) is 11.4. The molecule has 8 heteroatoms. The number of rotatable bonds is 8. The van der Waals surface area contributed by atoms with Crippen LogP contribution in [-0.2, 0) is 4.79 Å². The molecule has 0 aromatic rings. The number of amidine groups is 1. The molecule has 94 valence electrons. The highest BCUT2D eigenvalue weighted by atomic mass is 32.1. The standard InChI is InChI=1S/C8H15F2N3O2S/c9-6(10)7(11)13-3-2-12-5(1-4-16)8(14)15/h5-6,12,16H,1-4H2,(H2,11,13)(H,14,15). The van der Waals surface area contributed by atoms with Gasteiger partial charge < -0.3 is 16.2 Å². The van der Waals surface area contributed by atoms with E-state index in [-0.39, 0.29) is 13.1 Å². The third kappa shape index (κ3) is 6.57. The Balaban J connectivity index is 3.86. The van der Waals surface area contributed by atoms with Gasteiger partial charge in [0.05, 0.1) is 6.54 Å². The Hall–Kier alpha value is -0.890. The molecule has 0 aromatic carbocycles. The molecular formula is C8H15F2N3O2S. The first-order valence-electron chi connectivity index (χ1n) is 4.64. The van der Waals surface area contributed by atoms with Crippen LogP contribution in [0.4, 0.5) is 8.78 Å². The van der Waals surface area contributed by atoms with Gasteiger partial charge in [0.2, 0.25) is 0 Å². The Morgan fingerprint density at radius 3 is 2.62 bits per heavy atom. The van der Waals surface area contributed by atoms with Crippen molar-refractivity contribution in [2.45, 2.75) is 18.9 Å². The molecule has 16 heavy (non-hydrogen) atoms. The quantitative estimate of drug-likeness (QED) is 0.212. The van der Waals surface area contributed by atoms with Crippen LogP contribution in [0.1, 0.15) is 6.42 Å². The van der Waals surface area contributed by atoms with E-state index in [9.17, 15) is 13.6 Å². The summed E-state index contributed by atoms with van der Waals surface area (Å²) < 4.78 is 23.8. The SMILES string of the molecule is NC(=NCCNC(CCS)C(=O)O)C(F)F. The van der Waals surface area contributed by atoms with Crippen molar-refractivity contribution in [1.29, 1.82) is 0 Å². The van der Waals surface area contributed by atoms with E-state index in [0.717, 1.165) is 0 Å². The predicted molar refractivity (Wildman–Crippen MR) is 60.4 cm³/mol. The summed E-state index contributed by atoms with van der Waals surface area (Å²) in [4.78, 5) is 14.0. The number of alkyl halides is 2. The van der Waals surface area contributed by atoms with Gasteiger partial charge in [0, 0.05) is 6.54 Å². The summed E-state index contributed by atoms with van der Waals surface area (Å²) in [6.45, 7) is 0.199. The molecule has 1 unspecified atom stereocenters. The zero-order chi connectivity index (χ0) is 12.6. The number of hydrogen-bond acceptors (Lipinski definition) is 4. The first-order chi connectivity index (χ1) is 7.49. The van der Waals surface area contributed by atoms with E-state index in [1.54, 1.807) is 0 Å². The fourth-order valence-corrected chi connectivity index (χ4v) is 1.19. The number of halogens is 2. The predicted octanol–water partition coefficient (Wildman–Crippen LogP) is -0.0286. The number of aliphatic carboxylic acids is 1. The van der Waals surface area contributed by atoms with Crippen LogP contribution in [0.15, 0.2) is 4.99 Å². The minimum absolute atomic E-state index is 0.0204. The molecule has 0 saturated carbocycles. The summed E-state index contributed by atoms with van der Waals surface area (Å²) in [5.74, 6) is -1.31. The Kier molecular flexibility index (Phi) is 7.82. The molecule has 0 aliphatic heterocycles. The van der Waals surface area contributed by atoms with Crippen LogP contribution in [0.5, 0.6) is 0 Å². The first-order valence-corrected chi connectivity index (χ1v) is 5.27. The van der Waals surface area contributed by atoms with Crippen molar-refractivity contribution in [1.82, 2.24) is 5.32 Å². The minimum Gasteiger partial charge on any atom is -0.480 e. The van der Waals surface area contributed by atoms with Gasteiger partial charge in [-0.15, -0.1) is 0 Å². The van der Waals surface area contributed by atoms with E-state index in [4.69, 9.17) is 10.8 Å². The summed E-state index contributed by atoms with van der Waals surface area (Å²) in [6, 6.07) is -0.736. The Labute approximate surface area is 97.5 Å². The van der Waals surface area contributed by atoms with Gasteiger partial charge in [0.25, 0.3) is 6.43 Å². The lowest BCUT2D eigenvalue weighted by Gasteiger charge is -2.11. The molecule has 0 fully saturated rings. The molecule has 0 saturated heterocycles. The van der Waals surface area contributed by atoms with Crippen LogP contribution < -0.4 is 11.1 Å². The molecule has 0 aliphatic carbocycles. The monoisotopic (exact) mass is 255 g/mol. The third-order valence-electron chi connectivity index (χ3n) is 1.74. The van der Waals surface area contributed by atoms with Gasteiger partial charge >= 0.3 is 5.97 Å². The van der Waals surface area contributed by atoms with Crippen LogP contribution >= 0.6 is 12.6 Å². The van der Waals surface area contributed by atoms with Crippen LogP contribution in [-0.4, -0.2) is 48.2 Å². The van der Waals surface area contributed by atoms with Crippen molar-refractivity contribution in [3.05, 3.63) is 0 Å². The van der Waals surface area contributed by atoms with Crippen molar-refractivity contribution in [2.75, 3.05) is 18.8 Å². The van der Waals surface area contributed by atoms with Crippen LogP contribution in [0.2, 0.25) is 0 Å². The van der Waals surface area contributed by atoms with E-state index in [2.05, 4.69) is 22.9 Å². The number of nitrogens with two attached hydrogens (primary N) is 1. The number of carboxylic acid groups (broad SMARTS) is 1. The second-order valence-corrected chi connectivity index (χ2v) is 3.41. The Morgan fingerprint density at radius 2 is 2.19 bits per heavy atom. The van der Waals surface area contributed by atoms with Gasteiger partial charge in [-0.25, -0.2) is 8.78 Å². The second-order valence-electron chi connectivity index (χ2n) is 2.96. The highest BCUT2D eigenvalue weighted by Gasteiger charge is 2.14. The van der Waals surface area contributed by atoms with E-state index >= 15 is 0 Å². The van der Waals surface area contributed by atoms with Gasteiger partial charge in [-0.2, -0.15) is 12.6 Å². The second kappa shape index (κ2) is 8.28. The molecule has 0 heterocycles. The van der Waals surface area contributed by atoms with Crippen LogP contribution in [0.3, 0.4) is 0 Å². The summed E-state index contributed by atoms with van der Waals surface area (Å²) >= 11 is 3.91. The molecule has 0 spiro atoms. The fourth-order valence-electron chi connectivity index (χ4n) is 0.935. The molecule has 0 bridgehead atoms. The van der Waals surface area contributed by atoms with Crippen LogP contribution in [0.25, 0.3) is 0 Å². The van der Waals surface area contributed by atoms with Gasteiger partial charge in [0.15, 0.2) is 5.84 Å². The number of carbonyl (C=O) groups is 1.